The number of halogens is 1. The molecule has 5 aromatic rings. The number of hydrogen-bond donors (Lipinski definition) is 3. The second-order valence-corrected chi connectivity index (χ2v) is 7.89. The normalized spacial score (nSPS) is 10.4. The second-order valence-electron chi connectivity index (χ2n) is 7.89. The molecule has 3 aromatic carbocycles. The molecule has 2 heterocycles. The van der Waals surface area contributed by atoms with Crippen LogP contribution in [0.3, 0.4) is 0 Å². The molecule has 0 unspecified atom stereocenters. The topological polar surface area (TPSA) is 83.3 Å². The monoisotopic (exact) mass is 474 g/mol. The molecule has 36 heavy (non-hydrogen) atoms. The molecule has 0 fully saturated rings. The van der Waals surface area contributed by atoms with Crippen molar-refractivity contribution >= 4 is 50.9 Å². The van der Waals surface area contributed by atoms with Crippen LogP contribution >= 0.6 is 0 Å². The Morgan fingerprint density at radius 3 is 2.44 bits per heavy atom. The van der Waals surface area contributed by atoms with E-state index in [-0.39, 0.29) is 11.3 Å². The maximum Gasteiger partial charge on any atom is 0.255 e. The molecule has 3 N–H and O–H groups in total. The van der Waals surface area contributed by atoms with E-state index in [1.807, 2.05) is 24.3 Å². The van der Waals surface area contributed by atoms with Crippen molar-refractivity contribution in [2.45, 2.75) is 0 Å². The van der Waals surface area contributed by atoms with Crippen LogP contribution in [0.2, 0.25) is 0 Å². The summed E-state index contributed by atoms with van der Waals surface area (Å²) in [5, 5.41) is 9.79. The van der Waals surface area contributed by atoms with E-state index in [9.17, 15) is 9.18 Å². The van der Waals surface area contributed by atoms with Crippen molar-refractivity contribution in [2.24, 2.45) is 0 Å². The molecule has 8 heteroatoms. The Balaban J connectivity index is 1.32. The zero-order chi connectivity index (χ0) is 24.9. The Kier molecular flexibility index (Phi) is 6.19. The molecule has 0 bridgehead atoms. The number of benzene rings is 3. The van der Waals surface area contributed by atoms with Gasteiger partial charge < -0.3 is 16.0 Å². The lowest BCUT2D eigenvalue weighted by Gasteiger charge is -2.12. The van der Waals surface area contributed by atoms with E-state index in [2.05, 4.69) is 30.8 Å². The molecule has 0 saturated heterocycles. The number of carbonyl (C=O) groups excluding carboxylic acids is 1. The van der Waals surface area contributed by atoms with Crippen LogP contribution in [0.25, 0.3) is 15.7 Å². The molecule has 0 aliphatic rings. The van der Waals surface area contributed by atoms with Crippen molar-refractivity contribution in [3.05, 3.63) is 120 Å². The fraction of sp³-hybridized carbons (Fsp3) is 0. The summed E-state index contributed by atoms with van der Waals surface area (Å²) in [4.78, 5) is 24.5. The molecule has 1 amide bonds. The summed E-state index contributed by atoms with van der Waals surface area (Å²) in [6, 6.07) is 22.0. The van der Waals surface area contributed by atoms with E-state index in [1.54, 1.807) is 61.1 Å². The van der Waals surface area contributed by atoms with Gasteiger partial charge in [-0.3, -0.25) is 14.8 Å². The van der Waals surface area contributed by atoms with Gasteiger partial charge in [0.25, 0.3) is 5.91 Å². The Hall–Kier alpha value is -5.29. The fourth-order valence-corrected chi connectivity index (χ4v) is 3.70. The van der Waals surface area contributed by atoms with Crippen molar-refractivity contribution in [1.29, 1.82) is 0 Å². The van der Waals surface area contributed by atoms with Crippen molar-refractivity contribution in [3.8, 4) is 0 Å². The first kappa shape index (κ1) is 22.5. The summed E-state index contributed by atoms with van der Waals surface area (Å²) in [6.45, 7) is 7.23. The largest absolute Gasteiger partial charge is 0.355 e. The smallest absolute Gasteiger partial charge is 0.255 e. The van der Waals surface area contributed by atoms with Crippen LogP contribution in [0.4, 0.5) is 38.5 Å². The first-order valence-electron chi connectivity index (χ1n) is 11.0. The predicted molar refractivity (Wildman–Crippen MR) is 140 cm³/mol. The Morgan fingerprint density at radius 1 is 0.806 bits per heavy atom. The zero-order valence-corrected chi connectivity index (χ0v) is 18.9. The summed E-state index contributed by atoms with van der Waals surface area (Å²) in [5.41, 5.74) is 4.37. The molecular formula is C28H19FN6O. The molecule has 0 radical (unpaired) electrons. The molecule has 5 rings (SSSR count). The van der Waals surface area contributed by atoms with Crippen LogP contribution in [-0.4, -0.2) is 15.9 Å². The average molecular weight is 474 g/mol. The number of anilines is 5. The van der Waals surface area contributed by atoms with E-state index in [0.717, 1.165) is 11.4 Å². The van der Waals surface area contributed by atoms with Gasteiger partial charge in [-0.2, -0.15) is 0 Å². The number of fused-ring (bicyclic) bond motifs is 1. The van der Waals surface area contributed by atoms with Gasteiger partial charge in [-0.05, 0) is 66.7 Å². The van der Waals surface area contributed by atoms with Gasteiger partial charge in [-0.25, -0.2) is 9.24 Å². The third kappa shape index (κ3) is 4.95. The molecule has 7 nitrogen and oxygen atoms in total. The van der Waals surface area contributed by atoms with Gasteiger partial charge in [0.2, 0.25) is 0 Å². The van der Waals surface area contributed by atoms with Gasteiger partial charge in [-0.1, -0.05) is 12.1 Å². The minimum Gasteiger partial charge on any atom is -0.355 e. The first-order chi connectivity index (χ1) is 17.6. The number of nitrogens with one attached hydrogen (secondary N) is 3. The molecule has 0 spiro atoms. The third-order valence-corrected chi connectivity index (χ3v) is 5.44. The quantitative estimate of drug-likeness (QED) is 0.230. The summed E-state index contributed by atoms with van der Waals surface area (Å²) < 4.78 is 15.0. The van der Waals surface area contributed by atoms with Gasteiger partial charge >= 0.3 is 0 Å². The number of carbonyl (C=O) groups is 1. The van der Waals surface area contributed by atoms with Crippen LogP contribution < -0.4 is 16.0 Å². The van der Waals surface area contributed by atoms with Crippen LogP contribution in [0.15, 0.2) is 97.5 Å². The lowest BCUT2D eigenvalue weighted by molar-refractivity contribution is 0.102. The zero-order valence-electron chi connectivity index (χ0n) is 18.9. The van der Waals surface area contributed by atoms with E-state index < -0.39 is 11.7 Å². The molecule has 0 aliphatic carbocycles. The number of hydrogen-bond acceptors (Lipinski definition) is 5. The first-order valence-corrected chi connectivity index (χ1v) is 11.0. The molecular weight excluding hydrogens is 455 g/mol. The Labute approximate surface area is 206 Å². The SMILES string of the molecule is [C-]#[N+]c1ccc2nccc(Nc3ccc(C(=O)Nc4cccc(Nc5ccncc5)c4)cc3F)c2c1. The predicted octanol–water partition coefficient (Wildman–Crippen LogP) is 7.06. The maximum absolute atomic E-state index is 15.0. The molecule has 2 aromatic heterocycles. The highest BCUT2D eigenvalue weighted by Gasteiger charge is 2.12. The highest BCUT2D eigenvalue weighted by Crippen LogP contribution is 2.30. The highest BCUT2D eigenvalue weighted by molar-refractivity contribution is 6.05. The molecule has 174 valence electrons. The summed E-state index contributed by atoms with van der Waals surface area (Å²) >= 11 is 0. The Morgan fingerprint density at radius 2 is 1.64 bits per heavy atom. The molecule has 0 atom stereocenters. The summed E-state index contributed by atoms with van der Waals surface area (Å²) in [5.74, 6) is -1.01. The fourth-order valence-electron chi connectivity index (χ4n) is 3.70. The van der Waals surface area contributed by atoms with Crippen LogP contribution in [-0.2, 0) is 0 Å². The number of nitrogens with zero attached hydrogens (tertiary/aromatic N) is 3. The van der Waals surface area contributed by atoms with Gasteiger partial charge in [0, 0.05) is 52.3 Å². The van der Waals surface area contributed by atoms with Crippen LogP contribution in [0, 0.1) is 12.4 Å². The minimum absolute atomic E-state index is 0.181. The molecule has 0 aliphatic heterocycles. The lowest BCUT2D eigenvalue weighted by Crippen LogP contribution is -2.12. The van der Waals surface area contributed by atoms with Gasteiger partial charge in [-0.15, -0.1) is 0 Å². The number of rotatable bonds is 6. The maximum atomic E-state index is 15.0. The van der Waals surface area contributed by atoms with Crippen molar-refractivity contribution < 1.29 is 9.18 Å². The highest BCUT2D eigenvalue weighted by atomic mass is 19.1. The van der Waals surface area contributed by atoms with Crippen molar-refractivity contribution in [3.63, 3.8) is 0 Å². The van der Waals surface area contributed by atoms with E-state index in [4.69, 9.17) is 6.57 Å². The summed E-state index contributed by atoms with van der Waals surface area (Å²) in [6.07, 6.45) is 4.98. The van der Waals surface area contributed by atoms with Gasteiger partial charge in [0.05, 0.1) is 17.8 Å². The lowest BCUT2D eigenvalue weighted by atomic mass is 10.1. The van der Waals surface area contributed by atoms with Crippen LogP contribution in [0.5, 0.6) is 0 Å². The van der Waals surface area contributed by atoms with Crippen molar-refractivity contribution in [1.82, 2.24) is 9.97 Å². The average Bonchev–Trinajstić information content (AvgIpc) is 2.90. The summed E-state index contributed by atoms with van der Waals surface area (Å²) in [7, 11) is 0. The number of pyridine rings is 2. The number of aromatic nitrogens is 2. The molecule has 0 saturated carbocycles. The Bertz CT molecular complexity index is 1610. The minimum atomic E-state index is -0.581. The third-order valence-electron chi connectivity index (χ3n) is 5.44. The standard InChI is InChI=1S/C28H19FN6O/c1-30-20-6-8-25-23(17-20)26(11-14-32-25)35-27-7-5-18(15-24(27)29)28(36)34-22-4-2-3-21(16-22)33-19-9-12-31-13-10-19/h2-17H,(H,31,33)(H,32,35)(H,34,36). The van der Waals surface area contributed by atoms with E-state index in [0.29, 0.717) is 28.0 Å². The van der Waals surface area contributed by atoms with Crippen LogP contribution in [0.1, 0.15) is 10.4 Å². The van der Waals surface area contributed by atoms with Gasteiger partial charge in [0.15, 0.2) is 5.69 Å². The number of amides is 1. The van der Waals surface area contributed by atoms with Crippen molar-refractivity contribution in [2.75, 3.05) is 16.0 Å². The van der Waals surface area contributed by atoms with E-state index >= 15 is 0 Å². The van der Waals surface area contributed by atoms with E-state index in [1.165, 1.54) is 12.1 Å². The second kappa shape index (κ2) is 9.91. The van der Waals surface area contributed by atoms with Gasteiger partial charge in [0.1, 0.15) is 5.82 Å².